The number of rotatable bonds is 6. The van der Waals surface area contributed by atoms with Crippen molar-refractivity contribution in [3.63, 3.8) is 0 Å². The predicted molar refractivity (Wildman–Crippen MR) is 90.4 cm³/mol. The zero-order chi connectivity index (χ0) is 17.2. The van der Waals surface area contributed by atoms with Crippen LogP contribution in [0.15, 0.2) is 47.4 Å². The van der Waals surface area contributed by atoms with Crippen LogP contribution in [0.3, 0.4) is 0 Å². The predicted octanol–water partition coefficient (Wildman–Crippen LogP) is 1.96. The van der Waals surface area contributed by atoms with E-state index in [1.165, 1.54) is 18.4 Å². The minimum Gasteiger partial charge on any atom is -0.454 e. The van der Waals surface area contributed by atoms with Crippen LogP contribution in [-0.4, -0.2) is 33.6 Å². The van der Waals surface area contributed by atoms with Crippen molar-refractivity contribution >= 4 is 10.0 Å². The number of fused-ring (bicyclic) bond motifs is 1. The number of nitrogens with one attached hydrogen (secondary N) is 1. The Morgan fingerprint density at radius 3 is 2.50 bits per heavy atom. The summed E-state index contributed by atoms with van der Waals surface area (Å²) < 4.78 is 36.9. The number of hydrogen-bond acceptors (Lipinski definition) is 5. The lowest BCUT2D eigenvalue weighted by Gasteiger charge is -2.15. The van der Waals surface area contributed by atoms with E-state index in [1.54, 1.807) is 12.1 Å². The first-order valence-corrected chi connectivity index (χ1v) is 9.03. The van der Waals surface area contributed by atoms with Crippen molar-refractivity contribution < 1.29 is 17.9 Å². The fourth-order valence-corrected chi connectivity index (χ4v) is 3.68. The summed E-state index contributed by atoms with van der Waals surface area (Å²) in [4.78, 5) is 0.320. The number of benzene rings is 2. The zero-order valence-electron chi connectivity index (χ0n) is 13.7. The van der Waals surface area contributed by atoms with Crippen LogP contribution in [-0.2, 0) is 23.1 Å². The SMILES string of the molecule is CN(C)S(=O)(=O)c1ccccc1CNCc1cccc2c1OCO2. The topological polar surface area (TPSA) is 67.9 Å². The fourth-order valence-electron chi connectivity index (χ4n) is 2.56. The maximum atomic E-state index is 12.4. The molecule has 0 aromatic heterocycles. The van der Waals surface area contributed by atoms with Crippen molar-refractivity contribution in [3.05, 3.63) is 53.6 Å². The first-order valence-electron chi connectivity index (χ1n) is 7.59. The van der Waals surface area contributed by atoms with Crippen LogP contribution in [0.1, 0.15) is 11.1 Å². The summed E-state index contributed by atoms with van der Waals surface area (Å²) in [5.41, 5.74) is 1.72. The average Bonchev–Trinajstić information content (AvgIpc) is 3.04. The molecule has 7 heteroatoms. The molecule has 0 aliphatic carbocycles. The molecule has 1 N–H and O–H groups in total. The van der Waals surface area contributed by atoms with Crippen LogP contribution in [0.4, 0.5) is 0 Å². The Bertz CT molecular complexity index is 834. The summed E-state index contributed by atoms with van der Waals surface area (Å²) in [5, 5.41) is 3.28. The second-order valence-electron chi connectivity index (χ2n) is 5.65. The van der Waals surface area contributed by atoms with Gasteiger partial charge in [0.2, 0.25) is 16.8 Å². The molecule has 1 aliphatic heterocycles. The van der Waals surface area contributed by atoms with E-state index in [2.05, 4.69) is 5.32 Å². The standard InChI is InChI=1S/C17H20N2O4S/c1-19(2)24(20,21)16-9-4-3-6-13(16)10-18-11-14-7-5-8-15-17(14)23-12-22-15/h3-9,18H,10-12H2,1-2H3. The number of sulfonamides is 1. The van der Waals surface area contributed by atoms with Gasteiger partial charge in [0.05, 0.1) is 4.90 Å². The van der Waals surface area contributed by atoms with Gasteiger partial charge in [0.15, 0.2) is 11.5 Å². The van der Waals surface area contributed by atoms with Gasteiger partial charge in [-0.15, -0.1) is 0 Å². The molecule has 1 heterocycles. The highest BCUT2D eigenvalue weighted by molar-refractivity contribution is 7.89. The normalized spacial score (nSPS) is 13.5. The molecule has 3 rings (SSSR count). The van der Waals surface area contributed by atoms with Crippen LogP contribution < -0.4 is 14.8 Å². The third-order valence-corrected chi connectivity index (χ3v) is 5.76. The Balaban J connectivity index is 1.74. The molecule has 6 nitrogen and oxygen atoms in total. The van der Waals surface area contributed by atoms with Crippen molar-refractivity contribution in [1.29, 1.82) is 0 Å². The number of ether oxygens (including phenoxy) is 2. The lowest BCUT2D eigenvalue weighted by molar-refractivity contribution is 0.173. The molecule has 0 atom stereocenters. The van der Waals surface area contributed by atoms with E-state index in [0.29, 0.717) is 18.0 Å². The Kier molecular flexibility index (Phi) is 4.75. The molecule has 24 heavy (non-hydrogen) atoms. The van der Waals surface area contributed by atoms with Crippen molar-refractivity contribution in [3.8, 4) is 11.5 Å². The van der Waals surface area contributed by atoms with Crippen LogP contribution in [0.5, 0.6) is 11.5 Å². The van der Waals surface area contributed by atoms with Crippen LogP contribution in [0, 0.1) is 0 Å². The van der Waals surface area contributed by atoms with E-state index in [1.807, 2.05) is 30.3 Å². The van der Waals surface area contributed by atoms with Gasteiger partial charge in [0.25, 0.3) is 0 Å². The lowest BCUT2D eigenvalue weighted by Crippen LogP contribution is -2.24. The van der Waals surface area contributed by atoms with Gasteiger partial charge in [-0.05, 0) is 17.7 Å². The van der Waals surface area contributed by atoms with Crippen molar-refractivity contribution in [1.82, 2.24) is 9.62 Å². The molecule has 128 valence electrons. The molecule has 0 saturated carbocycles. The van der Waals surface area contributed by atoms with Gasteiger partial charge in [-0.3, -0.25) is 0 Å². The fraction of sp³-hybridized carbons (Fsp3) is 0.294. The molecule has 0 bridgehead atoms. The highest BCUT2D eigenvalue weighted by Gasteiger charge is 2.21. The minimum absolute atomic E-state index is 0.232. The van der Waals surface area contributed by atoms with Crippen LogP contribution in [0.25, 0.3) is 0 Å². The van der Waals surface area contributed by atoms with Crippen molar-refractivity contribution in [2.24, 2.45) is 0 Å². The summed E-state index contributed by atoms with van der Waals surface area (Å²) >= 11 is 0. The average molecular weight is 348 g/mol. The lowest BCUT2D eigenvalue weighted by atomic mass is 10.1. The van der Waals surface area contributed by atoms with Gasteiger partial charge in [-0.1, -0.05) is 30.3 Å². The van der Waals surface area contributed by atoms with E-state index in [0.717, 1.165) is 22.6 Å². The smallest absolute Gasteiger partial charge is 0.242 e. The number of hydrogen-bond donors (Lipinski definition) is 1. The molecule has 1 aliphatic rings. The maximum Gasteiger partial charge on any atom is 0.242 e. The van der Waals surface area contributed by atoms with Gasteiger partial charge in [-0.2, -0.15) is 0 Å². The van der Waals surface area contributed by atoms with E-state index < -0.39 is 10.0 Å². The molecular weight excluding hydrogens is 328 g/mol. The molecule has 0 saturated heterocycles. The van der Waals surface area contributed by atoms with E-state index >= 15 is 0 Å². The zero-order valence-corrected chi connectivity index (χ0v) is 14.5. The Morgan fingerprint density at radius 2 is 1.71 bits per heavy atom. The molecule has 0 radical (unpaired) electrons. The third kappa shape index (κ3) is 3.24. The van der Waals surface area contributed by atoms with Gasteiger partial charge < -0.3 is 14.8 Å². The molecular formula is C17H20N2O4S. The molecule has 0 amide bonds. The van der Waals surface area contributed by atoms with Crippen molar-refractivity contribution in [2.75, 3.05) is 20.9 Å². The van der Waals surface area contributed by atoms with Crippen LogP contribution in [0.2, 0.25) is 0 Å². The molecule has 0 fully saturated rings. The summed E-state index contributed by atoms with van der Waals surface area (Å²) in [5.74, 6) is 1.49. The van der Waals surface area contributed by atoms with Gasteiger partial charge >= 0.3 is 0 Å². The van der Waals surface area contributed by atoms with Gasteiger partial charge in [-0.25, -0.2) is 12.7 Å². The van der Waals surface area contributed by atoms with Crippen molar-refractivity contribution in [2.45, 2.75) is 18.0 Å². The molecule has 0 spiro atoms. The van der Waals surface area contributed by atoms with E-state index in [9.17, 15) is 8.42 Å². The third-order valence-electron chi connectivity index (χ3n) is 3.84. The Labute approximate surface area is 142 Å². The molecule has 0 unspecified atom stereocenters. The van der Waals surface area contributed by atoms with Crippen LogP contribution >= 0.6 is 0 Å². The monoisotopic (exact) mass is 348 g/mol. The molecule has 2 aromatic rings. The Hall–Kier alpha value is -2.09. The Morgan fingerprint density at radius 1 is 1.00 bits per heavy atom. The second kappa shape index (κ2) is 6.80. The highest BCUT2D eigenvalue weighted by atomic mass is 32.2. The summed E-state index contributed by atoms with van der Waals surface area (Å²) in [6.07, 6.45) is 0. The number of nitrogens with zero attached hydrogens (tertiary/aromatic N) is 1. The van der Waals surface area contributed by atoms with Gasteiger partial charge in [0.1, 0.15) is 0 Å². The largest absolute Gasteiger partial charge is 0.454 e. The van der Waals surface area contributed by atoms with E-state index in [-0.39, 0.29) is 6.79 Å². The first-order chi connectivity index (χ1) is 11.5. The maximum absolute atomic E-state index is 12.4. The minimum atomic E-state index is -3.46. The number of para-hydroxylation sites is 1. The second-order valence-corrected chi connectivity index (χ2v) is 7.77. The summed E-state index contributed by atoms with van der Waals surface area (Å²) in [6.45, 7) is 1.23. The summed E-state index contributed by atoms with van der Waals surface area (Å²) in [6, 6.07) is 12.8. The quantitative estimate of drug-likeness (QED) is 0.864. The highest BCUT2D eigenvalue weighted by Crippen LogP contribution is 2.35. The van der Waals surface area contributed by atoms with E-state index in [4.69, 9.17) is 9.47 Å². The molecule has 2 aromatic carbocycles. The van der Waals surface area contributed by atoms with Gasteiger partial charge in [0, 0.05) is 32.7 Å². The summed E-state index contributed by atoms with van der Waals surface area (Å²) in [7, 11) is -0.400. The first kappa shape index (κ1) is 16.8.